The Morgan fingerprint density at radius 2 is 2.20 bits per heavy atom. The third-order valence-electron chi connectivity index (χ3n) is 2.45. The van der Waals surface area contributed by atoms with Crippen LogP contribution in [0, 0.1) is 0 Å². The Balaban J connectivity index is 2.38. The second-order valence-corrected chi connectivity index (χ2v) is 3.55. The summed E-state index contributed by atoms with van der Waals surface area (Å²) in [6, 6.07) is 9.66. The van der Waals surface area contributed by atoms with Gasteiger partial charge in [-0.1, -0.05) is 12.1 Å². The molecular formula is C12H14N2O. The van der Waals surface area contributed by atoms with Gasteiger partial charge in [0.15, 0.2) is 0 Å². The second-order valence-electron chi connectivity index (χ2n) is 3.55. The third kappa shape index (κ3) is 2.14. The molecule has 0 aliphatic carbocycles. The topological polar surface area (TPSA) is 59.1 Å². The summed E-state index contributed by atoms with van der Waals surface area (Å²) in [6.07, 6.45) is 1.88. The van der Waals surface area contributed by atoms with Crippen LogP contribution in [-0.4, -0.2) is 16.6 Å². The number of hydrogen-bond donors (Lipinski definition) is 2. The van der Waals surface area contributed by atoms with Gasteiger partial charge in [-0.05, 0) is 36.7 Å². The third-order valence-corrected chi connectivity index (χ3v) is 2.45. The molecule has 0 aliphatic rings. The van der Waals surface area contributed by atoms with Crippen molar-refractivity contribution in [1.82, 2.24) is 4.98 Å². The number of hydrogen-bond acceptors (Lipinski definition) is 3. The zero-order valence-corrected chi connectivity index (χ0v) is 8.43. The molecule has 1 atom stereocenters. The first-order valence-electron chi connectivity index (χ1n) is 5.04. The van der Waals surface area contributed by atoms with E-state index in [1.807, 2.05) is 30.3 Å². The number of aliphatic hydroxyl groups is 1. The molecule has 0 saturated heterocycles. The van der Waals surface area contributed by atoms with Gasteiger partial charge in [-0.25, -0.2) is 0 Å². The molecule has 0 radical (unpaired) electrons. The maximum atomic E-state index is 9.78. The van der Waals surface area contributed by atoms with Crippen LogP contribution in [0.25, 0.3) is 10.9 Å². The van der Waals surface area contributed by atoms with Gasteiger partial charge in [0.1, 0.15) is 0 Å². The van der Waals surface area contributed by atoms with Crippen LogP contribution in [-0.2, 0) is 0 Å². The zero-order chi connectivity index (χ0) is 10.7. The molecule has 1 aromatic heterocycles. The van der Waals surface area contributed by atoms with E-state index in [2.05, 4.69) is 4.98 Å². The van der Waals surface area contributed by atoms with E-state index < -0.39 is 6.10 Å². The highest BCUT2D eigenvalue weighted by Gasteiger charge is 2.06. The number of rotatable bonds is 3. The highest BCUT2D eigenvalue weighted by Crippen LogP contribution is 2.20. The summed E-state index contributed by atoms with van der Waals surface area (Å²) in [5.41, 5.74) is 7.26. The maximum absolute atomic E-state index is 9.78. The zero-order valence-electron chi connectivity index (χ0n) is 8.43. The number of aliphatic hydroxyl groups excluding tert-OH is 1. The molecule has 15 heavy (non-hydrogen) atoms. The van der Waals surface area contributed by atoms with E-state index in [1.54, 1.807) is 6.20 Å². The first-order valence-corrected chi connectivity index (χ1v) is 5.04. The van der Waals surface area contributed by atoms with E-state index in [1.165, 1.54) is 0 Å². The molecule has 0 saturated carbocycles. The van der Waals surface area contributed by atoms with E-state index in [-0.39, 0.29) is 0 Å². The lowest BCUT2D eigenvalue weighted by atomic mass is 10.0. The molecule has 3 heteroatoms. The van der Waals surface area contributed by atoms with Gasteiger partial charge in [0, 0.05) is 11.6 Å². The van der Waals surface area contributed by atoms with Crippen LogP contribution in [0.1, 0.15) is 18.1 Å². The normalized spacial score (nSPS) is 12.9. The fourth-order valence-electron chi connectivity index (χ4n) is 1.63. The van der Waals surface area contributed by atoms with Gasteiger partial charge < -0.3 is 10.8 Å². The van der Waals surface area contributed by atoms with Gasteiger partial charge in [-0.3, -0.25) is 4.98 Å². The predicted octanol–water partition coefficient (Wildman–Crippen LogP) is 1.62. The predicted molar refractivity (Wildman–Crippen MR) is 60.4 cm³/mol. The summed E-state index contributed by atoms with van der Waals surface area (Å²) in [7, 11) is 0. The SMILES string of the molecule is NCC[C@H](O)c1ccc2ncccc2c1. The van der Waals surface area contributed by atoms with E-state index in [4.69, 9.17) is 5.73 Å². The maximum Gasteiger partial charge on any atom is 0.0802 e. The number of pyridine rings is 1. The average molecular weight is 202 g/mol. The molecule has 0 aliphatic heterocycles. The molecule has 0 fully saturated rings. The first kappa shape index (κ1) is 10.1. The molecule has 2 aromatic rings. The smallest absolute Gasteiger partial charge is 0.0802 e. The fraction of sp³-hybridized carbons (Fsp3) is 0.250. The number of fused-ring (bicyclic) bond motifs is 1. The summed E-state index contributed by atoms with van der Waals surface area (Å²) in [5, 5.41) is 10.8. The highest BCUT2D eigenvalue weighted by molar-refractivity contribution is 5.78. The summed E-state index contributed by atoms with van der Waals surface area (Å²) in [5.74, 6) is 0. The van der Waals surface area contributed by atoms with Crippen molar-refractivity contribution in [2.24, 2.45) is 5.73 Å². The minimum Gasteiger partial charge on any atom is -0.388 e. The van der Waals surface area contributed by atoms with E-state index in [0.717, 1.165) is 16.5 Å². The van der Waals surface area contributed by atoms with Crippen LogP contribution >= 0.6 is 0 Å². The molecule has 78 valence electrons. The molecule has 0 amide bonds. The Morgan fingerprint density at radius 3 is 3.00 bits per heavy atom. The van der Waals surface area contributed by atoms with E-state index in [9.17, 15) is 5.11 Å². The standard InChI is InChI=1S/C12H14N2O/c13-6-5-12(15)10-3-4-11-9(8-10)2-1-7-14-11/h1-4,7-8,12,15H,5-6,13H2/t12-/m0/s1. The van der Waals surface area contributed by atoms with Crippen molar-refractivity contribution < 1.29 is 5.11 Å². The van der Waals surface area contributed by atoms with Crippen LogP contribution in [0.3, 0.4) is 0 Å². The van der Waals surface area contributed by atoms with Crippen molar-refractivity contribution in [3.8, 4) is 0 Å². The lowest BCUT2D eigenvalue weighted by Gasteiger charge is -2.09. The van der Waals surface area contributed by atoms with Crippen LogP contribution in [0.4, 0.5) is 0 Å². The number of benzene rings is 1. The Bertz CT molecular complexity index is 456. The Kier molecular flexibility index (Phi) is 2.94. The van der Waals surface area contributed by atoms with Crippen molar-refractivity contribution in [3.63, 3.8) is 0 Å². The Morgan fingerprint density at radius 1 is 1.33 bits per heavy atom. The average Bonchev–Trinajstić information content (AvgIpc) is 2.29. The van der Waals surface area contributed by atoms with Gasteiger partial charge in [-0.15, -0.1) is 0 Å². The van der Waals surface area contributed by atoms with Gasteiger partial charge in [0.05, 0.1) is 11.6 Å². The van der Waals surface area contributed by atoms with Gasteiger partial charge in [0.2, 0.25) is 0 Å². The first-order chi connectivity index (χ1) is 7.31. The molecule has 1 aromatic carbocycles. The summed E-state index contributed by atoms with van der Waals surface area (Å²) < 4.78 is 0. The number of aromatic nitrogens is 1. The molecular weight excluding hydrogens is 188 g/mol. The molecule has 2 rings (SSSR count). The van der Waals surface area contributed by atoms with Crippen molar-refractivity contribution in [2.45, 2.75) is 12.5 Å². The quantitative estimate of drug-likeness (QED) is 0.795. The summed E-state index contributed by atoms with van der Waals surface area (Å²) >= 11 is 0. The van der Waals surface area contributed by atoms with Crippen molar-refractivity contribution in [1.29, 1.82) is 0 Å². The Hall–Kier alpha value is -1.45. The van der Waals surface area contributed by atoms with Crippen LogP contribution < -0.4 is 5.73 Å². The van der Waals surface area contributed by atoms with Crippen LogP contribution in [0.5, 0.6) is 0 Å². The summed E-state index contributed by atoms with van der Waals surface area (Å²) in [6.45, 7) is 0.492. The second kappa shape index (κ2) is 4.38. The highest BCUT2D eigenvalue weighted by atomic mass is 16.3. The molecule has 0 unspecified atom stereocenters. The largest absolute Gasteiger partial charge is 0.388 e. The van der Waals surface area contributed by atoms with Gasteiger partial charge in [0.25, 0.3) is 0 Å². The van der Waals surface area contributed by atoms with Gasteiger partial charge in [-0.2, -0.15) is 0 Å². The minimum atomic E-state index is -0.473. The van der Waals surface area contributed by atoms with E-state index >= 15 is 0 Å². The molecule has 0 bridgehead atoms. The van der Waals surface area contributed by atoms with Gasteiger partial charge >= 0.3 is 0 Å². The molecule has 3 N–H and O–H groups in total. The fourth-order valence-corrected chi connectivity index (χ4v) is 1.63. The lowest BCUT2D eigenvalue weighted by Crippen LogP contribution is -2.06. The van der Waals surface area contributed by atoms with Crippen LogP contribution in [0.2, 0.25) is 0 Å². The monoisotopic (exact) mass is 202 g/mol. The summed E-state index contributed by atoms with van der Waals surface area (Å²) in [4.78, 5) is 4.22. The molecule has 1 heterocycles. The molecule has 3 nitrogen and oxygen atoms in total. The minimum absolute atomic E-state index is 0.473. The van der Waals surface area contributed by atoms with Crippen molar-refractivity contribution >= 4 is 10.9 Å². The Labute approximate surface area is 88.6 Å². The molecule has 0 spiro atoms. The van der Waals surface area contributed by atoms with Crippen molar-refractivity contribution in [2.75, 3.05) is 6.54 Å². The lowest BCUT2D eigenvalue weighted by molar-refractivity contribution is 0.170. The number of nitrogens with two attached hydrogens (primary N) is 1. The number of nitrogens with zero attached hydrogens (tertiary/aromatic N) is 1. The van der Waals surface area contributed by atoms with Crippen molar-refractivity contribution in [3.05, 3.63) is 42.1 Å². The van der Waals surface area contributed by atoms with E-state index in [0.29, 0.717) is 13.0 Å². The van der Waals surface area contributed by atoms with Crippen LogP contribution in [0.15, 0.2) is 36.5 Å².